The molecule has 0 aliphatic carbocycles. The van der Waals surface area contributed by atoms with Crippen molar-refractivity contribution < 1.29 is 117 Å². The van der Waals surface area contributed by atoms with Crippen LogP contribution < -0.4 is 31.9 Å². The number of carboxylic acid groups (broad SMARTS) is 6. The number of nitrogens with one attached hydrogen (secondary N) is 6. The van der Waals surface area contributed by atoms with E-state index in [0.717, 1.165) is 141 Å². The second-order valence-corrected chi connectivity index (χ2v) is 24.2. The Morgan fingerprint density at radius 3 is 0.876 bits per heavy atom. The molecule has 0 aromatic carbocycles. The maximum absolute atomic E-state index is 12.7. The van der Waals surface area contributed by atoms with Crippen molar-refractivity contribution in [3.05, 3.63) is 0 Å². The summed E-state index contributed by atoms with van der Waals surface area (Å²) in [5, 5.41) is 70.4. The van der Waals surface area contributed by atoms with Gasteiger partial charge in [0.05, 0.1) is 45.6 Å². The van der Waals surface area contributed by atoms with Crippen LogP contribution >= 0.6 is 0 Å². The SMILES string of the molecule is O=[C]C(C[C@H](NC(=O)CC[C@H](NC(=O)CC[C@H](NC(=O)CCCCCCCCCCCCCCCCC(=O)O)C(=O)O)C(=O)O)C(=O)O)C(=O)COCCOCCNC(=O)COCCOCCNC(=O)CC[C@H](NC(=O)CCCCCCCCCCCCCCCC(=O)O)C(=O)O. The third kappa shape index (κ3) is 56.5. The molecule has 0 aromatic rings. The Kier molecular flexibility index (Phi) is 56.6. The molecular weight excluding hydrogens is 1270 g/mol. The van der Waals surface area contributed by atoms with Crippen molar-refractivity contribution >= 4 is 83.3 Å². The zero-order valence-corrected chi connectivity index (χ0v) is 56.9. The van der Waals surface area contributed by atoms with E-state index in [1.807, 2.05) is 0 Å². The lowest BCUT2D eigenvalue weighted by atomic mass is 9.97. The highest BCUT2D eigenvalue weighted by atomic mass is 16.5. The number of ketones is 1. The number of carboxylic acids is 6. The fraction of sp³-hybridized carbons (Fsp3) is 0.791. The fourth-order valence-electron chi connectivity index (χ4n) is 10.1. The van der Waals surface area contributed by atoms with Crippen molar-refractivity contribution in [2.45, 2.75) is 268 Å². The first-order valence-corrected chi connectivity index (χ1v) is 34.8. The number of Topliss-reactive ketones (excluding diaryl/α,β-unsaturated/α-hetero) is 1. The molecule has 0 rings (SSSR count). The van der Waals surface area contributed by atoms with E-state index >= 15 is 0 Å². The summed E-state index contributed by atoms with van der Waals surface area (Å²) in [7, 11) is 0. The molecule has 5 atom stereocenters. The third-order valence-corrected chi connectivity index (χ3v) is 15.7. The van der Waals surface area contributed by atoms with E-state index < -0.39 is 134 Å². The number of aliphatic carboxylic acids is 6. The lowest BCUT2D eigenvalue weighted by Gasteiger charge is -2.19. The van der Waals surface area contributed by atoms with Gasteiger partial charge in [0, 0.05) is 58.0 Å². The van der Waals surface area contributed by atoms with Gasteiger partial charge in [-0.3, -0.25) is 47.9 Å². The minimum atomic E-state index is -1.79. The zero-order chi connectivity index (χ0) is 72.1. The monoisotopic (exact) mass is 1390 g/mol. The summed E-state index contributed by atoms with van der Waals surface area (Å²) in [4.78, 5) is 168. The van der Waals surface area contributed by atoms with E-state index in [0.29, 0.717) is 12.8 Å². The average Bonchev–Trinajstić information content (AvgIpc) is 1.03. The first-order chi connectivity index (χ1) is 46.5. The van der Waals surface area contributed by atoms with Crippen LogP contribution in [0.2, 0.25) is 0 Å². The van der Waals surface area contributed by atoms with Crippen LogP contribution in [0.25, 0.3) is 0 Å². The summed E-state index contributed by atoms with van der Waals surface area (Å²) in [5.41, 5.74) is 0. The standard InChI is InChI=1S/C67H113N6O24/c74-47-50(46-54(67(92)93)73-60(80)37-34-53(66(90)91)72-59(79)36-33-52(65(88)89)71-58(78)29-25-21-17-12-8-4-1-2-6-10-14-18-22-26-30-62(82)83)55(75)48-96-44-42-95-41-39-69-61(81)49-97-45-43-94-40-38-68-56(76)35-32-51(64(86)87)70-57(77)28-24-20-16-13-9-5-3-7-11-15-19-23-27-31-63(84)85/h50-54H,1-46,48-49H2,(H,68,76)(H,69,81)(H,70,77)(H,71,78)(H,72,79)(H,73,80)(H,82,83)(H,84,85)(H,86,87)(H,88,89)(H,90,91)(H,92,93)/t50?,51-,52-,53-,54-/m0/s1. The van der Waals surface area contributed by atoms with Crippen molar-refractivity contribution in [3.8, 4) is 0 Å². The Morgan fingerprint density at radius 2 is 0.557 bits per heavy atom. The van der Waals surface area contributed by atoms with Crippen LogP contribution in [0, 0.1) is 5.92 Å². The molecule has 6 amide bonds. The topological polar surface area (TPSA) is 469 Å². The smallest absolute Gasteiger partial charge is 0.326 e. The van der Waals surface area contributed by atoms with Crippen LogP contribution in [0.1, 0.15) is 244 Å². The Labute approximate surface area is 570 Å². The summed E-state index contributed by atoms with van der Waals surface area (Å²) < 4.78 is 21.2. The van der Waals surface area contributed by atoms with Gasteiger partial charge in [-0.05, 0) is 51.4 Å². The largest absolute Gasteiger partial charge is 0.481 e. The van der Waals surface area contributed by atoms with E-state index in [1.165, 1.54) is 25.5 Å². The van der Waals surface area contributed by atoms with Gasteiger partial charge in [-0.2, -0.15) is 0 Å². The second-order valence-electron chi connectivity index (χ2n) is 24.2. The molecule has 1 unspecified atom stereocenters. The molecule has 1 radical (unpaired) electrons. The van der Waals surface area contributed by atoms with Gasteiger partial charge in [0.2, 0.25) is 41.7 Å². The Hall–Kier alpha value is -7.18. The summed E-state index contributed by atoms with van der Waals surface area (Å²) in [6, 6.07) is -6.07. The molecule has 12 N–H and O–H groups in total. The van der Waals surface area contributed by atoms with Gasteiger partial charge in [0.25, 0.3) is 0 Å². The minimum Gasteiger partial charge on any atom is -0.481 e. The molecule has 0 saturated carbocycles. The van der Waals surface area contributed by atoms with Crippen LogP contribution in [0.5, 0.6) is 0 Å². The molecule has 0 aliphatic rings. The van der Waals surface area contributed by atoms with Crippen molar-refractivity contribution in [2.75, 3.05) is 65.9 Å². The quantitative estimate of drug-likeness (QED) is 0.0251. The van der Waals surface area contributed by atoms with Gasteiger partial charge in [0.15, 0.2) is 5.78 Å². The van der Waals surface area contributed by atoms with Crippen LogP contribution in [0.4, 0.5) is 0 Å². The second kappa shape index (κ2) is 61.2. The highest BCUT2D eigenvalue weighted by Crippen LogP contribution is 2.17. The summed E-state index contributed by atoms with van der Waals surface area (Å²) in [6.45, 7) is -0.577. The maximum atomic E-state index is 12.7. The van der Waals surface area contributed by atoms with Crippen molar-refractivity contribution in [1.82, 2.24) is 31.9 Å². The minimum absolute atomic E-state index is 0.0416. The molecule has 0 spiro atoms. The van der Waals surface area contributed by atoms with Crippen LogP contribution in [0.15, 0.2) is 0 Å². The van der Waals surface area contributed by atoms with E-state index in [4.69, 9.17) is 29.2 Å². The zero-order valence-electron chi connectivity index (χ0n) is 56.9. The summed E-state index contributed by atoms with van der Waals surface area (Å²) in [5.74, 6) is -13.4. The van der Waals surface area contributed by atoms with Crippen LogP contribution in [0.3, 0.4) is 0 Å². The Bertz CT molecular complexity index is 2290. The predicted molar refractivity (Wildman–Crippen MR) is 352 cm³/mol. The number of carbonyl (C=O) groups is 13. The van der Waals surface area contributed by atoms with Gasteiger partial charge in [-0.1, -0.05) is 148 Å². The predicted octanol–water partition coefficient (Wildman–Crippen LogP) is 5.85. The van der Waals surface area contributed by atoms with Crippen LogP contribution in [-0.4, -0.2) is 204 Å². The molecule has 555 valence electrons. The summed E-state index contributed by atoms with van der Waals surface area (Å²) >= 11 is 0. The van der Waals surface area contributed by atoms with Gasteiger partial charge < -0.3 is 81.5 Å². The molecule has 97 heavy (non-hydrogen) atoms. The number of carbonyl (C=O) groups excluding carboxylic acids is 8. The number of hydrogen-bond acceptors (Lipinski definition) is 18. The molecule has 0 heterocycles. The third-order valence-electron chi connectivity index (χ3n) is 15.7. The first kappa shape index (κ1) is 89.8. The van der Waals surface area contributed by atoms with Crippen molar-refractivity contribution in [3.63, 3.8) is 0 Å². The number of hydrogen-bond donors (Lipinski definition) is 12. The van der Waals surface area contributed by atoms with E-state index in [-0.39, 0.29) is 110 Å². The van der Waals surface area contributed by atoms with Crippen molar-refractivity contribution in [1.29, 1.82) is 0 Å². The highest BCUT2D eigenvalue weighted by molar-refractivity contribution is 5.95. The lowest BCUT2D eigenvalue weighted by Crippen LogP contribution is -2.46. The normalized spacial score (nSPS) is 12.6. The molecule has 0 aromatic heterocycles. The molecule has 0 saturated heterocycles. The molecule has 0 bridgehead atoms. The fourth-order valence-corrected chi connectivity index (χ4v) is 10.1. The maximum Gasteiger partial charge on any atom is 0.326 e. The van der Waals surface area contributed by atoms with E-state index in [9.17, 15) is 87.5 Å². The average molecular weight is 1390 g/mol. The highest BCUT2D eigenvalue weighted by Gasteiger charge is 2.30. The van der Waals surface area contributed by atoms with E-state index in [2.05, 4.69) is 31.9 Å². The van der Waals surface area contributed by atoms with Gasteiger partial charge in [-0.15, -0.1) is 0 Å². The molecule has 30 nitrogen and oxygen atoms in total. The molecule has 0 aliphatic heterocycles. The summed E-state index contributed by atoms with van der Waals surface area (Å²) in [6.07, 6.45) is 26.5. The Balaban J connectivity index is 4.24. The molecule has 0 fully saturated rings. The van der Waals surface area contributed by atoms with Gasteiger partial charge >= 0.3 is 35.8 Å². The number of unbranched alkanes of at least 4 members (excludes halogenated alkanes) is 25. The van der Waals surface area contributed by atoms with Crippen LogP contribution in [-0.2, 0) is 86.1 Å². The Morgan fingerprint density at radius 1 is 0.289 bits per heavy atom. The van der Waals surface area contributed by atoms with Crippen molar-refractivity contribution in [2.24, 2.45) is 5.92 Å². The first-order valence-electron chi connectivity index (χ1n) is 34.8. The lowest BCUT2D eigenvalue weighted by molar-refractivity contribution is -0.144. The number of rotatable bonds is 70. The van der Waals surface area contributed by atoms with Gasteiger partial charge in [0.1, 0.15) is 37.4 Å². The van der Waals surface area contributed by atoms with E-state index in [1.54, 1.807) is 0 Å². The number of ether oxygens (including phenoxy) is 4. The van der Waals surface area contributed by atoms with Gasteiger partial charge in [-0.25, -0.2) is 19.2 Å². The molecular formula is C67H113N6O24. The number of amides is 6. The molecule has 30 heteroatoms.